The highest BCUT2D eigenvalue weighted by molar-refractivity contribution is 5.81. The molecule has 1 aliphatic carbocycles. The number of nitrogens with zero attached hydrogens (tertiary/aromatic N) is 1. The van der Waals surface area contributed by atoms with Crippen molar-refractivity contribution in [2.45, 2.75) is 51.7 Å². The Morgan fingerprint density at radius 3 is 2.47 bits per heavy atom. The van der Waals surface area contributed by atoms with Crippen LogP contribution in [0.25, 0.3) is 0 Å². The van der Waals surface area contributed by atoms with Crippen LogP contribution < -0.4 is 11.1 Å². The molecule has 4 nitrogen and oxygen atoms in total. The Balaban J connectivity index is 2.44. The number of rotatable bonds is 6. The molecule has 1 fully saturated rings. The maximum Gasteiger partial charge on any atom is 0.237 e. The zero-order valence-corrected chi connectivity index (χ0v) is 9.99. The first-order valence-electron chi connectivity index (χ1n) is 5.82. The minimum Gasteiger partial charge on any atom is -0.352 e. The highest BCUT2D eigenvalue weighted by atomic mass is 16.2. The minimum absolute atomic E-state index is 0.0749. The van der Waals surface area contributed by atoms with Gasteiger partial charge in [-0.05, 0) is 33.6 Å². The maximum atomic E-state index is 11.8. The molecule has 1 atom stereocenters. The molecule has 1 aliphatic rings. The van der Waals surface area contributed by atoms with Crippen LogP contribution in [0.4, 0.5) is 0 Å². The predicted octanol–water partition coefficient (Wildman–Crippen LogP) is 0.323. The summed E-state index contributed by atoms with van der Waals surface area (Å²) in [4.78, 5) is 14.0. The third kappa shape index (κ3) is 3.80. The number of nitrogens with one attached hydrogen (secondary N) is 1. The van der Waals surface area contributed by atoms with Gasteiger partial charge in [0.05, 0.1) is 6.04 Å². The Morgan fingerprint density at radius 2 is 2.07 bits per heavy atom. The highest BCUT2D eigenvalue weighted by Crippen LogP contribution is 2.19. The molecule has 88 valence electrons. The quantitative estimate of drug-likeness (QED) is 0.668. The van der Waals surface area contributed by atoms with Crippen LogP contribution in [0.3, 0.4) is 0 Å². The van der Waals surface area contributed by atoms with Crippen molar-refractivity contribution < 1.29 is 4.79 Å². The number of hydrogen-bond acceptors (Lipinski definition) is 3. The smallest absolute Gasteiger partial charge is 0.237 e. The summed E-state index contributed by atoms with van der Waals surface area (Å²) in [5.41, 5.74) is 5.55. The van der Waals surface area contributed by atoms with Crippen molar-refractivity contribution in [3.05, 3.63) is 0 Å². The molecule has 0 radical (unpaired) electrons. The Kier molecular flexibility index (Phi) is 4.54. The van der Waals surface area contributed by atoms with Gasteiger partial charge in [0.2, 0.25) is 5.91 Å². The van der Waals surface area contributed by atoms with Gasteiger partial charge in [0, 0.05) is 25.2 Å². The lowest BCUT2D eigenvalue weighted by Crippen LogP contribution is -2.50. The number of nitrogens with two attached hydrogens (primary N) is 1. The fraction of sp³-hybridized carbons (Fsp3) is 0.909. The summed E-state index contributed by atoms with van der Waals surface area (Å²) in [6.45, 7) is 7.51. The normalized spacial score (nSPS) is 18.3. The average Bonchev–Trinajstić information content (AvgIpc) is 2.96. The Hall–Kier alpha value is -0.610. The first kappa shape index (κ1) is 12.5. The van der Waals surface area contributed by atoms with Crippen molar-refractivity contribution >= 4 is 5.91 Å². The SMILES string of the molecule is CC(C)N(CCN)C(C)C(=O)NC1CC1. The highest BCUT2D eigenvalue weighted by Gasteiger charge is 2.28. The van der Waals surface area contributed by atoms with E-state index in [1.807, 2.05) is 6.92 Å². The van der Waals surface area contributed by atoms with E-state index in [4.69, 9.17) is 5.73 Å². The molecule has 0 bridgehead atoms. The Morgan fingerprint density at radius 1 is 1.47 bits per heavy atom. The van der Waals surface area contributed by atoms with E-state index in [9.17, 15) is 4.79 Å². The summed E-state index contributed by atoms with van der Waals surface area (Å²) in [5, 5.41) is 3.03. The number of hydrogen-bond donors (Lipinski definition) is 2. The lowest BCUT2D eigenvalue weighted by molar-refractivity contribution is -0.126. The summed E-state index contributed by atoms with van der Waals surface area (Å²) >= 11 is 0. The third-order valence-electron chi connectivity index (χ3n) is 2.85. The van der Waals surface area contributed by atoms with Crippen molar-refractivity contribution in [3.63, 3.8) is 0 Å². The molecule has 0 saturated heterocycles. The van der Waals surface area contributed by atoms with E-state index in [1.54, 1.807) is 0 Å². The van der Waals surface area contributed by atoms with Crippen LogP contribution in [-0.2, 0) is 4.79 Å². The van der Waals surface area contributed by atoms with Gasteiger partial charge in [0.25, 0.3) is 0 Å². The molecule has 0 heterocycles. The summed E-state index contributed by atoms with van der Waals surface area (Å²) in [6, 6.07) is 0.717. The van der Waals surface area contributed by atoms with Crippen LogP contribution >= 0.6 is 0 Å². The van der Waals surface area contributed by atoms with Gasteiger partial charge in [0.15, 0.2) is 0 Å². The van der Waals surface area contributed by atoms with Gasteiger partial charge in [-0.1, -0.05) is 0 Å². The van der Waals surface area contributed by atoms with Gasteiger partial charge in [0.1, 0.15) is 0 Å². The summed E-state index contributed by atoms with van der Waals surface area (Å²) in [5.74, 6) is 0.139. The molecule has 1 saturated carbocycles. The van der Waals surface area contributed by atoms with Crippen LogP contribution in [0.5, 0.6) is 0 Å². The average molecular weight is 213 g/mol. The zero-order valence-electron chi connectivity index (χ0n) is 9.99. The second-order valence-corrected chi connectivity index (χ2v) is 4.58. The van der Waals surface area contributed by atoms with Crippen molar-refractivity contribution in [3.8, 4) is 0 Å². The molecule has 1 amide bonds. The second-order valence-electron chi connectivity index (χ2n) is 4.58. The van der Waals surface area contributed by atoms with E-state index in [-0.39, 0.29) is 11.9 Å². The molecule has 15 heavy (non-hydrogen) atoms. The van der Waals surface area contributed by atoms with Gasteiger partial charge in [-0.25, -0.2) is 0 Å². The topological polar surface area (TPSA) is 58.4 Å². The van der Waals surface area contributed by atoms with Crippen molar-refractivity contribution in [2.24, 2.45) is 5.73 Å². The van der Waals surface area contributed by atoms with E-state index in [2.05, 4.69) is 24.1 Å². The van der Waals surface area contributed by atoms with E-state index in [0.29, 0.717) is 18.6 Å². The van der Waals surface area contributed by atoms with Gasteiger partial charge in [-0.3, -0.25) is 9.69 Å². The minimum atomic E-state index is -0.0749. The van der Waals surface area contributed by atoms with Gasteiger partial charge in [-0.15, -0.1) is 0 Å². The van der Waals surface area contributed by atoms with Gasteiger partial charge >= 0.3 is 0 Å². The summed E-state index contributed by atoms with van der Waals surface area (Å²) in [6.07, 6.45) is 2.27. The van der Waals surface area contributed by atoms with Crippen molar-refractivity contribution in [2.75, 3.05) is 13.1 Å². The lowest BCUT2D eigenvalue weighted by Gasteiger charge is -2.31. The number of amides is 1. The van der Waals surface area contributed by atoms with Crippen LogP contribution in [0.1, 0.15) is 33.6 Å². The van der Waals surface area contributed by atoms with Crippen LogP contribution in [0.2, 0.25) is 0 Å². The number of carbonyl (C=O) groups is 1. The molecule has 1 unspecified atom stereocenters. The van der Waals surface area contributed by atoms with Gasteiger partial charge in [-0.2, -0.15) is 0 Å². The summed E-state index contributed by atoms with van der Waals surface area (Å²) in [7, 11) is 0. The van der Waals surface area contributed by atoms with Crippen LogP contribution in [-0.4, -0.2) is 42.0 Å². The molecule has 0 aromatic heterocycles. The molecule has 0 aliphatic heterocycles. The molecular weight excluding hydrogens is 190 g/mol. The molecule has 0 aromatic rings. The summed E-state index contributed by atoms with van der Waals surface area (Å²) < 4.78 is 0. The Labute approximate surface area is 92.2 Å². The van der Waals surface area contributed by atoms with E-state index in [1.165, 1.54) is 0 Å². The molecule has 3 N–H and O–H groups in total. The standard InChI is InChI=1S/C11H23N3O/c1-8(2)14(7-6-12)9(3)11(15)13-10-4-5-10/h8-10H,4-7,12H2,1-3H3,(H,13,15). The van der Waals surface area contributed by atoms with Crippen molar-refractivity contribution in [1.82, 2.24) is 10.2 Å². The molecule has 4 heteroatoms. The molecular formula is C11H23N3O. The van der Waals surface area contributed by atoms with Crippen LogP contribution in [0, 0.1) is 0 Å². The predicted molar refractivity (Wildman–Crippen MR) is 61.5 cm³/mol. The first-order chi connectivity index (χ1) is 7.06. The second kappa shape index (κ2) is 5.47. The zero-order chi connectivity index (χ0) is 11.4. The van der Waals surface area contributed by atoms with E-state index in [0.717, 1.165) is 19.4 Å². The maximum absolute atomic E-state index is 11.8. The monoisotopic (exact) mass is 213 g/mol. The fourth-order valence-corrected chi connectivity index (χ4v) is 1.75. The third-order valence-corrected chi connectivity index (χ3v) is 2.85. The van der Waals surface area contributed by atoms with Gasteiger partial charge < -0.3 is 11.1 Å². The van der Waals surface area contributed by atoms with Crippen LogP contribution in [0.15, 0.2) is 0 Å². The molecule has 0 spiro atoms. The van der Waals surface area contributed by atoms with E-state index < -0.39 is 0 Å². The fourth-order valence-electron chi connectivity index (χ4n) is 1.75. The lowest BCUT2D eigenvalue weighted by atomic mass is 10.2. The van der Waals surface area contributed by atoms with Crippen molar-refractivity contribution in [1.29, 1.82) is 0 Å². The largest absolute Gasteiger partial charge is 0.352 e. The Bertz CT molecular complexity index is 214. The molecule has 1 rings (SSSR count). The first-order valence-corrected chi connectivity index (χ1v) is 5.82. The van der Waals surface area contributed by atoms with E-state index >= 15 is 0 Å². The number of carbonyl (C=O) groups excluding carboxylic acids is 1. The molecule has 0 aromatic carbocycles.